The Balaban J connectivity index is 1.55. The van der Waals surface area contributed by atoms with E-state index in [2.05, 4.69) is 15.6 Å². The van der Waals surface area contributed by atoms with Crippen molar-refractivity contribution < 1.29 is 32.3 Å². The van der Waals surface area contributed by atoms with Gasteiger partial charge in [0.1, 0.15) is 5.60 Å². The van der Waals surface area contributed by atoms with Crippen molar-refractivity contribution in [3.8, 4) is 11.3 Å². The largest absolute Gasteiger partial charge is 0.490 e. The van der Waals surface area contributed by atoms with E-state index in [0.29, 0.717) is 63.0 Å². The summed E-state index contributed by atoms with van der Waals surface area (Å²) >= 11 is 0. The number of esters is 1. The molecule has 3 atom stereocenters. The topological polar surface area (TPSA) is 106 Å². The molecular formula is C34H40F3N5O4. The number of ether oxygens (including phenoxy) is 1. The number of nitrogens with one attached hydrogen (secondary N) is 2. The maximum atomic E-state index is 14.4. The molecule has 2 aliphatic rings. The highest BCUT2D eigenvalue weighted by atomic mass is 19.4. The molecule has 1 saturated carbocycles. The minimum absolute atomic E-state index is 0.0897. The van der Waals surface area contributed by atoms with Gasteiger partial charge >= 0.3 is 12.1 Å². The molecule has 0 radical (unpaired) electrons. The molecule has 2 fully saturated rings. The quantitative estimate of drug-likeness (QED) is 0.237. The molecule has 9 nitrogen and oxygen atoms in total. The van der Waals surface area contributed by atoms with Crippen LogP contribution in [0.2, 0.25) is 0 Å². The van der Waals surface area contributed by atoms with Crippen LogP contribution >= 0.6 is 0 Å². The molecule has 1 aromatic heterocycles. The van der Waals surface area contributed by atoms with E-state index >= 15 is 0 Å². The van der Waals surface area contributed by atoms with Crippen molar-refractivity contribution >= 4 is 17.8 Å². The van der Waals surface area contributed by atoms with Crippen LogP contribution in [-0.2, 0) is 20.7 Å². The van der Waals surface area contributed by atoms with Crippen molar-refractivity contribution in [3.05, 3.63) is 78.2 Å². The van der Waals surface area contributed by atoms with Crippen LogP contribution < -0.4 is 10.6 Å². The standard InChI is InChI=1S/C34H40F3N5O4/c1-24(43)39-18-10-17-33(46-32(45)34(35,36)37)16-9-8-15-28(33)42-23-40-29(30(42)26-13-6-3-7-14-26)31(44)41-20-19-38-22-27(41)21-25-11-4-2-5-12-25/h2-7,11-14,23,27-28,38H,8-10,15-22H2,1H3,(H,39,43)/t27-,28+,33+/m1/s1. The highest BCUT2D eigenvalue weighted by molar-refractivity contribution is 5.98. The zero-order chi connectivity index (χ0) is 32.7. The molecule has 1 aliphatic heterocycles. The Morgan fingerprint density at radius 1 is 1.07 bits per heavy atom. The number of carbonyl (C=O) groups excluding carboxylic acids is 3. The van der Waals surface area contributed by atoms with Gasteiger partial charge in [-0.15, -0.1) is 0 Å². The molecule has 0 spiro atoms. The van der Waals surface area contributed by atoms with E-state index in [-0.39, 0.29) is 42.9 Å². The first-order valence-electron chi connectivity index (χ1n) is 15.8. The predicted octanol–water partition coefficient (Wildman–Crippen LogP) is 5.08. The number of benzene rings is 2. The second-order valence-corrected chi connectivity index (χ2v) is 12.1. The van der Waals surface area contributed by atoms with Gasteiger partial charge < -0.3 is 24.8 Å². The minimum Gasteiger partial charge on any atom is -0.450 e. The van der Waals surface area contributed by atoms with Gasteiger partial charge in [0, 0.05) is 44.7 Å². The van der Waals surface area contributed by atoms with E-state index in [1.54, 1.807) is 4.57 Å². The highest BCUT2D eigenvalue weighted by Crippen LogP contribution is 2.46. The number of piperazine rings is 1. The molecule has 2 N–H and O–H groups in total. The van der Waals surface area contributed by atoms with Gasteiger partial charge in [-0.2, -0.15) is 13.2 Å². The van der Waals surface area contributed by atoms with Crippen LogP contribution in [0.3, 0.4) is 0 Å². The first kappa shape index (κ1) is 33.2. The van der Waals surface area contributed by atoms with Crippen LogP contribution in [0.1, 0.15) is 67.5 Å². The zero-order valence-corrected chi connectivity index (χ0v) is 25.9. The highest BCUT2D eigenvalue weighted by Gasteiger charge is 2.51. The van der Waals surface area contributed by atoms with Gasteiger partial charge in [-0.1, -0.05) is 67.1 Å². The number of imidazole rings is 1. The van der Waals surface area contributed by atoms with Gasteiger partial charge in [0.05, 0.1) is 18.1 Å². The third-order valence-corrected chi connectivity index (χ3v) is 8.92. The Hall–Kier alpha value is -4.19. The van der Waals surface area contributed by atoms with Crippen molar-refractivity contribution in [1.82, 2.24) is 25.1 Å². The fourth-order valence-electron chi connectivity index (χ4n) is 6.81. The van der Waals surface area contributed by atoms with Gasteiger partial charge in [0.2, 0.25) is 5.91 Å². The SMILES string of the molecule is CC(=O)NCCC[C@@]1(OC(=O)C(F)(F)F)CCCC[C@@H]1n1cnc(C(=O)N2CCNC[C@H]2Cc2ccccc2)c1-c1ccccc1. The summed E-state index contributed by atoms with van der Waals surface area (Å²) < 4.78 is 48.1. The van der Waals surface area contributed by atoms with Crippen molar-refractivity contribution in [2.24, 2.45) is 0 Å². The molecule has 46 heavy (non-hydrogen) atoms. The number of hydrogen-bond donors (Lipinski definition) is 2. The molecule has 2 amide bonds. The van der Waals surface area contributed by atoms with E-state index < -0.39 is 23.8 Å². The number of alkyl halides is 3. The van der Waals surface area contributed by atoms with E-state index in [1.807, 2.05) is 65.6 Å². The summed E-state index contributed by atoms with van der Waals surface area (Å²) in [6, 6.07) is 18.2. The number of halogens is 3. The number of aromatic nitrogens is 2. The molecule has 5 rings (SSSR count). The molecule has 12 heteroatoms. The van der Waals surface area contributed by atoms with Crippen molar-refractivity contribution in [1.29, 1.82) is 0 Å². The average molecular weight is 640 g/mol. The summed E-state index contributed by atoms with van der Waals surface area (Å²) in [4.78, 5) is 44.7. The Bertz CT molecular complexity index is 1500. The Labute approximate surface area is 266 Å². The fraction of sp³-hybridized carbons (Fsp3) is 0.471. The third-order valence-electron chi connectivity index (χ3n) is 8.92. The summed E-state index contributed by atoms with van der Waals surface area (Å²) in [5, 5.41) is 6.06. The van der Waals surface area contributed by atoms with Gasteiger partial charge in [-0.25, -0.2) is 9.78 Å². The van der Waals surface area contributed by atoms with Gasteiger partial charge in [-0.05, 0) is 44.1 Å². The van der Waals surface area contributed by atoms with E-state index in [0.717, 1.165) is 5.56 Å². The number of amides is 2. The monoisotopic (exact) mass is 639 g/mol. The van der Waals surface area contributed by atoms with E-state index in [1.165, 1.54) is 13.3 Å². The van der Waals surface area contributed by atoms with Gasteiger partial charge in [0.25, 0.3) is 5.91 Å². The maximum absolute atomic E-state index is 14.4. The van der Waals surface area contributed by atoms with Crippen LogP contribution in [0.4, 0.5) is 13.2 Å². The molecular weight excluding hydrogens is 599 g/mol. The molecule has 1 saturated heterocycles. The molecule has 246 valence electrons. The predicted molar refractivity (Wildman–Crippen MR) is 166 cm³/mol. The second-order valence-electron chi connectivity index (χ2n) is 12.1. The van der Waals surface area contributed by atoms with Crippen LogP contribution in [0.15, 0.2) is 67.0 Å². The number of rotatable bonds is 10. The lowest BCUT2D eigenvalue weighted by Gasteiger charge is -2.44. The number of carbonyl (C=O) groups is 3. The molecule has 1 aliphatic carbocycles. The molecule has 3 aromatic rings. The molecule has 0 bridgehead atoms. The second kappa shape index (κ2) is 14.5. The van der Waals surface area contributed by atoms with Crippen LogP contribution in [0, 0.1) is 0 Å². The van der Waals surface area contributed by atoms with Crippen molar-refractivity contribution in [2.75, 3.05) is 26.2 Å². The van der Waals surface area contributed by atoms with Gasteiger partial charge in [0.15, 0.2) is 5.69 Å². The van der Waals surface area contributed by atoms with Crippen molar-refractivity contribution in [2.45, 2.75) is 75.7 Å². The summed E-state index contributed by atoms with van der Waals surface area (Å²) in [7, 11) is 0. The summed E-state index contributed by atoms with van der Waals surface area (Å²) in [6.45, 7) is 3.28. The van der Waals surface area contributed by atoms with Crippen LogP contribution in [-0.4, -0.2) is 76.2 Å². The average Bonchev–Trinajstić information content (AvgIpc) is 3.48. The summed E-state index contributed by atoms with van der Waals surface area (Å²) in [6.07, 6.45) is -0.777. The Morgan fingerprint density at radius 2 is 1.78 bits per heavy atom. The summed E-state index contributed by atoms with van der Waals surface area (Å²) in [5.74, 6) is -2.77. The number of nitrogens with zero attached hydrogens (tertiary/aromatic N) is 3. The zero-order valence-electron chi connectivity index (χ0n) is 25.9. The summed E-state index contributed by atoms with van der Waals surface area (Å²) in [5.41, 5.74) is 0.923. The Morgan fingerprint density at radius 3 is 2.48 bits per heavy atom. The lowest BCUT2D eigenvalue weighted by molar-refractivity contribution is -0.222. The molecule has 0 unspecified atom stereocenters. The molecule has 2 heterocycles. The smallest absolute Gasteiger partial charge is 0.450 e. The molecule has 2 aromatic carbocycles. The minimum atomic E-state index is -5.18. The maximum Gasteiger partial charge on any atom is 0.490 e. The first-order chi connectivity index (χ1) is 22.1. The first-order valence-corrected chi connectivity index (χ1v) is 15.8. The van der Waals surface area contributed by atoms with Crippen LogP contribution in [0.5, 0.6) is 0 Å². The normalized spacial score (nSPS) is 21.9. The van der Waals surface area contributed by atoms with Crippen LogP contribution in [0.25, 0.3) is 11.3 Å². The van der Waals surface area contributed by atoms with E-state index in [4.69, 9.17) is 4.74 Å². The Kier molecular flexibility index (Phi) is 10.5. The fourth-order valence-corrected chi connectivity index (χ4v) is 6.81. The van der Waals surface area contributed by atoms with Gasteiger partial charge in [-0.3, -0.25) is 9.59 Å². The lowest BCUT2D eigenvalue weighted by atomic mass is 9.76. The van der Waals surface area contributed by atoms with E-state index in [9.17, 15) is 27.6 Å². The lowest BCUT2D eigenvalue weighted by Crippen LogP contribution is -2.54. The third kappa shape index (κ3) is 7.60. The number of hydrogen-bond acceptors (Lipinski definition) is 6. The van der Waals surface area contributed by atoms with Crippen molar-refractivity contribution in [3.63, 3.8) is 0 Å².